The average Bonchev–Trinajstić information content (AvgIpc) is 3.10. The molecule has 6 heteroatoms. The zero-order valence-corrected chi connectivity index (χ0v) is 14.9. The second-order valence-corrected chi connectivity index (χ2v) is 7.87. The molecule has 4 nitrogen and oxygen atoms in total. The average molecular weight is 363 g/mol. The molecule has 1 aromatic carbocycles. The summed E-state index contributed by atoms with van der Waals surface area (Å²) in [5.41, 5.74) is 0.880. The Morgan fingerprint density at radius 3 is 2.88 bits per heavy atom. The highest BCUT2D eigenvalue weighted by molar-refractivity contribution is 7.17. The van der Waals surface area contributed by atoms with Crippen molar-refractivity contribution in [2.75, 3.05) is 19.8 Å². The van der Waals surface area contributed by atoms with Gasteiger partial charge in [0.05, 0.1) is 17.8 Å². The van der Waals surface area contributed by atoms with E-state index in [1.807, 2.05) is 29.2 Å². The van der Waals surface area contributed by atoms with E-state index in [9.17, 15) is 4.79 Å². The predicted molar refractivity (Wildman–Crippen MR) is 95.5 cm³/mol. The highest BCUT2D eigenvalue weighted by atomic mass is 35.5. The number of hydrogen-bond acceptors (Lipinski definition) is 4. The van der Waals surface area contributed by atoms with Crippen molar-refractivity contribution in [3.05, 3.63) is 40.4 Å². The second kappa shape index (κ2) is 6.82. The van der Waals surface area contributed by atoms with Crippen molar-refractivity contribution >= 4 is 28.8 Å². The number of thiazole rings is 1. The van der Waals surface area contributed by atoms with E-state index in [4.69, 9.17) is 16.3 Å². The first-order valence-electron chi connectivity index (χ1n) is 8.32. The highest BCUT2D eigenvalue weighted by Crippen LogP contribution is 2.34. The van der Waals surface area contributed by atoms with E-state index in [1.54, 1.807) is 6.20 Å². The molecule has 2 aliphatic rings. The summed E-state index contributed by atoms with van der Waals surface area (Å²) in [7, 11) is 0. The van der Waals surface area contributed by atoms with Crippen LogP contribution in [-0.2, 0) is 4.74 Å². The van der Waals surface area contributed by atoms with Crippen molar-refractivity contribution in [3.8, 4) is 10.6 Å². The van der Waals surface area contributed by atoms with Gasteiger partial charge < -0.3 is 9.64 Å². The molecule has 126 valence electrons. The van der Waals surface area contributed by atoms with Crippen LogP contribution in [0.1, 0.15) is 28.9 Å². The quantitative estimate of drug-likeness (QED) is 0.804. The third-order valence-electron chi connectivity index (χ3n) is 4.55. The normalized spacial score (nSPS) is 20.3. The minimum atomic E-state index is 0.0974. The summed E-state index contributed by atoms with van der Waals surface area (Å²) in [6.45, 7) is 2.38. The maximum atomic E-state index is 13.0. The van der Waals surface area contributed by atoms with E-state index in [0.717, 1.165) is 49.6 Å². The smallest absolute Gasteiger partial charge is 0.265 e. The Kier molecular flexibility index (Phi) is 4.57. The monoisotopic (exact) mass is 362 g/mol. The molecular weight excluding hydrogens is 344 g/mol. The Balaban J connectivity index is 1.54. The number of nitrogens with zero attached hydrogens (tertiary/aromatic N) is 2. The second-order valence-electron chi connectivity index (χ2n) is 6.43. The first-order valence-corrected chi connectivity index (χ1v) is 9.51. The Bertz CT molecular complexity index is 738. The fraction of sp³-hybridized carbons (Fsp3) is 0.444. The molecule has 0 N–H and O–H groups in total. The third-order valence-corrected chi connectivity index (χ3v) is 5.90. The van der Waals surface area contributed by atoms with E-state index in [1.165, 1.54) is 11.3 Å². The molecule has 2 heterocycles. The fourth-order valence-electron chi connectivity index (χ4n) is 3.06. The van der Waals surface area contributed by atoms with Crippen LogP contribution in [0.2, 0.25) is 5.02 Å². The Labute approximate surface area is 150 Å². The van der Waals surface area contributed by atoms with Gasteiger partial charge in [0, 0.05) is 30.7 Å². The van der Waals surface area contributed by atoms with Gasteiger partial charge in [-0.2, -0.15) is 0 Å². The Morgan fingerprint density at radius 2 is 2.17 bits per heavy atom. The molecule has 2 fully saturated rings. The van der Waals surface area contributed by atoms with Gasteiger partial charge in [-0.25, -0.2) is 4.98 Å². The minimum Gasteiger partial charge on any atom is -0.381 e. The zero-order chi connectivity index (χ0) is 16.5. The number of amides is 1. The summed E-state index contributed by atoms with van der Waals surface area (Å²) in [4.78, 5) is 20.1. The van der Waals surface area contributed by atoms with Gasteiger partial charge in [-0.1, -0.05) is 29.8 Å². The zero-order valence-electron chi connectivity index (χ0n) is 13.3. The molecule has 1 amide bonds. The van der Waals surface area contributed by atoms with Crippen LogP contribution < -0.4 is 0 Å². The van der Waals surface area contributed by atoms with Crippen molar-refractivity contribution in [1.29, 1.82) is 0 Å². The molecule has 24 heavy (non-hydrogen) atoms. The number of benzene rings is 1. The molecule has 1 atom stereocenters. The lowest BCUT2D eigenvalue weighted by molar-refractivity contribution is 0.0711. The lowest BCUT2D eigenvalue weighted by Crippen LogP contribution is -2.37. The van der Waals surface area contributed by atoms with Crippen LogP contribution in [-0.4, -0.2) is 41.6 Å². The molecule has 0 spiro atoms. The molecule has 1 saturated heterocycles. The molecule has 1 aliphatic heterocycles. The number of carbonyl (C=O) groups excluding carboxylic acids is 1. The van der Waals surface area contributed by atoms with Crippen LogP contribution in [0.25, 0.3) is 10.6 Å². The molecule has 2 aromatic rings. The van der Waals surface area contributed by atoms with Gasteiger partial charge >= 0.3 is 0 Å². The van der Waals surface area contributed by atoms with Crippen LogP contribution in [0.3, 0.4) is 0 Å². The largest absolute Gasteiger partial charge is 0.381 e. The Morgan fingerprint density at radius 1 is 1.33 bits per heavy atom. The van der Waals surface area contributed by atoms with Crippen LogP contribution in [0, 0.1) is 5.92 Å². The summed E-state index contributed by atoms with van der Waals surface area (Å²) in [5, 5.41) is 1.46. The maximum Gasteiger partial charge on any atom is 0.265 e. The molecule has 1 aromatic heterocycles. The van der Waals surface area contributed by atoms with Gasteiger partial charge in [0.2, 0.25) is 0 Å². The van der Waals surface area contributed by atoms with Gasteiger partial charge in [0.15, 0.2) is 0 Å². The van der Waals surface area contributed by atoms with E-state index in [-0.39, 0.29) is 5.91 Å². The molecule has 4 rings (SSSR count). The van der Waals surface area contributed by atoms with Gasteiger partial charge in [0.25, 0.3) is 5.91 Å². The molecule has 1 aliphatic carbocycles. The summed E-state index contributed by atoms with van der Waals surface area (Å²) in [5.74, 6) is 0.561. The van der Waals surface area contributed by atoms with Crippen LogP contribution in [0.5, 0.6) is 0 Å². The summed E-state index contributed by atoms with van der Waals surface area (Å²) in [6.07, 6.45) is 4.95. The van der Waals surface area contributed by atoms with Gasteiger partial charge in [-0.15, -0.1) is 11.3 Å². The van der Waals surface area contributed by atoms with Crippen molar-refractivity contribution in [2.45, 2.75) is 25.3 Å². The van der Waals surface area contributed by atoms with Crippen molar-refractivity contribution in [3.63, 3.8) is 0 Å². The molecule has 0 bridgehead atoms. The first-order chi connectivity index (χ1) is 11.7. The topological polar surface area (TPSA) is 42.4 Å². The summed E-state index contributed by atoms with van der Waals surface area (Å²) >= 11 is 7.66. The standard InChI is InChI=1S/C18H19ClN2O2S/c19-15-4-2-1-3-14(15)17-20-9-16(24-17)18(22)21(13-5-6-13)10-12-7-8-23-11-12/h1-4,9,12-13H,5-8,10-11H2/t12-/m1/s1. The number of carbonyl (C=O) groups is 1. The van der Waals surface area contributed by atoms with Crippen LogP contribution >= 0.6 is 22.9 Å². The van der Waals surface area contributed by atoms with Gasteiger partial charge in [0.1, 0.15) is 9.88 Å². The maximum absolute atomic E-state index is 13.0. The van der Waals surface area contributed by atoms with E-state index in [0.29, 0.717) is 21.9 Å². The Hall–Kier alpha value is -1.43. The summed E-state index contributed by atoms with van der Waals surface area (Å²) in [6, 6.07) is 7.99. The minimum absolute atomic E-state index is 0.0974. The lowest BCUT2D eigenvalue weighted by atomic mass is 10.1. The van der Waals surface area contributed by atoms with Crippen LogP contribution in [0.15, 0.2) is 30.5 Å². The predicted octanol–water partition coefficient (Wildman–Crippen LogP) is 4.10. The van der Waals surface area contributed by atoms with E-state index in [2.05, 4.69) is 4.98 Å². The number of rotatable bonds is 5. The highest BCUT2D eigenvalue weighted by Gasteiger charge is 2.36. The fourth-order valence-corrected chi connectivity index (χ4v) is 4.26. The molecule has 1 saturated carbocycles. The number of aromatic nitrogens is 1. The van der Waals surface area contributed by atoms with Crippen LogP contribution in [0.4, 0.5) is 0 Å². The lowest BCUT2D eigenvalue weighted by Gasteiger charge is -2.24. The third kappa shape index (κ3) is 3.34. The van der Waals surface area contributed by atoms with Crippen molar-refractivity contribution in [1.82, 2.24) is 9.88 Å². The SMILES string of the molecule is O=C(c1cnc(-c2ccccc2Cl)s1)N(C[C@H]1CCOC1)C1CC1. The van der Waals surface area contributed by atoms with E-state index < -0.39 is 0 Å². The van der Waals surface area contributed by atoms with E-state index >= 15 is 0 Å². The summed E-state index contributed by atoms with van der Waals surface area (Å²) < 4.78 is 5.46. The molecule has 0 radical (unpaired) electrons. The molecular formula is C18H19ClN2O2S. The van der Waals surface area contributed by atoms with Crippen molar-refractivity contribution < 1.29 is 9.53 Å². The number of halogens is 1. The number of ether oxygens (including phenoxy) is 1. The molecule has 0 unspecified atom stereocenters. The number of hydrogen-bond donors (Lipinski definition) is 0. The van der Waals surface area contributed by atoms with Crippen molar-refractivity contribution in [2.24, 2.45) is 5.92 Å². The first kappa shape index (κ1) is 16.1. The van der Waals surface area contributed by atoms with Gasteiger partial charge in [-0.3, -0.25) is 4.79 Å². The van der Waals surface area contributed by atoms with Gasteiger partial charge in [-0.05, 0) is 25.3 Å².